The molecule has 46 heavy (non-hydrogen) atoms. The Bertz CT molecular complexity index is 2670. The summed E-state index contributed by atoms with van der Waals surface area (Å²) in [6, 6.07) is 51.7. The van der Waals surface area contributed by atoms with Gasteiger partial charge in [0.25, 0.3) is 0 Å². The first-order valence-corrected chi connectivity index (χ1v) is 17.5. The minimum absolute atomic E-state index is 0.0646. The van der Waals surface area contributed by atoms with Gasteiger partial charge in [0, 0.05) is 52.4 Å². The van der Waals surface area contributed by atoms with Crippen LogP contribution in [0.5, 0.6) is 0 Å². The van der Waals surface area contributed by atoms with Crippen LogP contribution in [0.2, 0.25) is 0 Å². The predicted octanol–water partition coefficient (Wildman–Crippen LogP) is 13.4. The predicted molar refractivity (Wildman–Crippen MR) is 202 cm³/mol. The maximum atomic E-state index is 2.46. The molecule has 0 N–H and O–H groups in total. The van der Waals surface area contributed by atoms with Gasteiger partial charge in [-0.1, -0.05) is 117 Å². The average Bonchev–Trinajstić information content (AvgIpc) is 3.74. The second-order valence-corrected chi connectivity index (χ2v) is 15.0. The Labute approximate surface area is 275 Å². The third-order valence-electron chi connectivity index (χ3n) is 10.0. The first kappa shape index (κ1) is 26.3. The van der Waals surface area contributed by atoms with Gasteiger partial charge in [-0.15, -0.1) is 22.7 Å². The van der Waals surface area contributed by atoms with E-state index in [4.69, 9.17) is 0 Å². The van der Waals surface area contributed by atoms with E-state index < -0.39 is 0 Å². The van der Waals surface area contributed by atoms with Gasteiger partial charge in [-0.2, -0.15) is 0 Å². The molecule has 218 valence electrons. The maximum Gasteiger partial charge on any atom is 0.0640 e. The van der Waals surface area contributed by atoms with Crippen molar-refractivity contribution in [2.45, 2.75) is 19.3 Å². The lowest BCUT2D eigenvalue weighted by molar-refractivity contribution is 0.660. The van der Waals surface area contributed by atoms with Crippen LogP contribution in [0.1, 0.15) is 25.0 Å². The minimum Gasteiger partial charge on any atom is -0.309 e. The summed E-state index contributed by atoms with van der Waals surface area (Å²) < 4.78 is 5.42. The molecule has 9 aromatic rings. The summed E-state index contributed by atoms with van der Waals surface area (Å²) >= 11 is 3.86. The zero-order chi connectivity index (χ0) is 30.6. The molecule has 0 atom stereocenters. The fourth-order valence-electron chi connectivity index (χ4n) is 7.84. The van der Waals surface area contributed by atoms with Crippen LogP contribution in [0.25, 0.3) is 62.2 Å². The number of rotatable bonds is 3. The Morgan fingerprint density at radius 2 is 1.22 bits per heavy atom. The molecule has 2 aromatic heterocycles. The molecule has 10 rings (SSSR count). The molecule has 0 saturated heterocycles. The molecule has 0 fully saturated rings. The van der Waals surface area contributed by atoms with E-state index in [1.807, 2.05) is 22.7 Å². The smallest absolute Gasteiger partial charge is 0.0640 e. The molecular weight excluding hydrogens is 595 g/mol. The molecular formula is C43H29NS2. The average molecular weight is 624 g/mol. The van der Waals surface area contributed by atoms with Crippen molar-refractivity contribution in [3.63, 3.8) is 0 Å². The largest absolute Gasteiger partial charge is 0.309 e. The lowest BCUT2D eigenvalue weighted by Crippen LogP contribution is -2.16. The highest BCUT2D eigenvalue weighted by Gasteiger charge is 2.35. The number of nitrogens with zero attached hydrogens (tertiary/aromatic N) is 1. The number of fused-ring (bicyclic) bond motifs is 12. The Morgan fingerprint density at radius 3 is 2.13 bits per heavy atom. The van der Waals surface area contributed by atoms with Gasteiger partial charge >= 0.3 is 0 Å². The Kier molecular flexibility index (Phi) is 5.44. The van der Waals surface area contributed by atoms with Crippen LogP contribution < -0.4 is 4.90 Å². The molecule has 0 bridgehead atoms. The quantitative estimate of drug-likeness (QED) is 0.189. The fourth-order valence-corrected chi connectivity index (χ4v) is 10.5. The molecule has 0 amide bonds. The van der Waals surface area contributed by atoms with Gasteiger partial charge in [0.15, 0.2) is 0 Å². The topological polar surface area (TPSA) is 3.24 Å². The SMILES string of the molecule is CC1(C)c2ccccc2-c2ccc(N(c3ccccc3)c3cccc4c3sc3ccc5c6ccc7ccccc7c6sc5c34)cc21. The first-order valence-electron chi connectivity index (χ1n) is 15.9. The van der Waals surface area contributed by atoms with Crippen LogP contribution in [0.4, 0.5) is 17.1 Å². The normalized spacial score (nSPS) is 13.6. The summed E-state index contributed by atoms with van der Waals surface area (Å²) in [7, 11) is 0. The van der Waals surface area contributed by atoms with Crippen molar-refractivity contribution in [1.82, 2.24) is 0 Å². The van der Waals surface area contributed by atoms with Crippen molar-refractivity contribution in [2.75, 3.05) is 4.90 Å². The highest BCUT2D eigenvalue weighted by Crippen LogP contribution is 2.53. The van der Waals surface area contributed by atoms with E-state index in [2.05, 4.69) is 158 Å². The number of hydrogen-bond acceptors (Lipinski definition) is 3. The Hall–Kier alpha value is -4.96. The lowest BCUT2D eigenvalue weighted by Gasteiger charge is -2.28. The molecule has 1 aliphatic carbocycles. The van der Waals surface area contributed by atoms with E-state index in [-0.39, 0.29) is 5.41 Å². The van der Waals surface area contributed by atoms with Crippen molar-refractivity contribution in [3.05, 3.63) is 151 Å². The second-order valence-electron chi connectivity index (χ2n) is 12.9. The van der Waals surface area contributed by atoms with Crippen molar-refractivity contribution in [1.29, 1.82) is 0 Å². The molecule has 0 radical (unpaired) electrons. The molecule has 0 spiro atoms. The van der Waals surface area contributed by atoms with E-state index >= 15 is 0 Å². The van der Waals surface area contributed by atoms with Gasteiger partial charge in [0.1, 0.15) is 0 Å². The summed E-state index contributed by atoms with van der Waals surface area (Å²) in [4.78, 5) is 2.46. The summed E-state index contributed by atoms with van der Waals surface area (Å²) in [5.74, 6) is 0. The van der Waals surface area contributed by atoms with E-state index in [0.29, 0.717) is 0 Å². The van der Waals surface area contributed by atoms with E-state index in [1.165, 1.54) is 90.4 Å². The Morgan fingerprint density at radius 1 is 0.478 bits per heavy atom. The number of para-hydroxylation sites is 1. The number of anilines is 3. The fraction of sp³-hybridized carbons (Fsp3) is 0.0698. The highest BCUT2D eigenvalue weighted by molar-refractivity contribution is 7.30. The molecule has 3 heteroatoms. The standard InChI is InChI=1S/C43H29NS2/c1-43(2)35-17-9-8-15-30(35)31-22-20-28(25-36(31)43)44(27-12-4-3-5-13-27)37-18-10-16-34-39-38(45-41(34)37)24-23-33-32-21-19-26-11-6-7-14-29(26)40(32)46-42(33)39/h3-25H,1-2H3. The van der Waals surface area contributed by atoms with E-state index in [0.717, 1.165) is 0 Å². The molecule has 1 nitrogen and oxygen atoms in total. The van der Waals surface area contributed by atoms with Gasteiger partial charge in [-0.25, -0.2) is 0 Å². The summed E-state index contributed by atoms with van der Waals surface area (Å²) in [5.41, 5.74) is 9.00. The third-order valence-corrected chi connectivity index (χ3v) is 12.5. The lowest BCUT2D eigenvalue weighted by atomic mass is 9.82. The highest BCUT2D eigenvalue weighted by atomic mass is 32.1. The maximum absolute atomic E-state index is 2.46. The van der Waals surface area contributed by atoms with Gasteiger partial charge in [0.2, 0.25) is 0 Å². The van der Waals surface area contributed by atoms with Crippen LogP contribution in [-0.4, -0.2) is 0 Å². The van der Waals surface area contributed by atoms with Gasteiger partial charge in [-0.3, -0.25) is 0 Å². The molecule has 0 saturated carbocycles. The van der Waals surface area contributed by atoms with Crippen LogP contribution in [0.15, 0.2) is 140 Å². The van der Waals surface area contributed by atoms with Gasteiger partial charge in [-0.05, 0) is 69.4 Å². The van der Waals surface area contributed by atoms with Crippen molar-refractivity contribution < 1.29 is 0 Å². The molecule has 7 aromatic carbocycles. The second kappa shape index (κ2) is 9.53. The van der Waals surface area contributed by atoms with E-state index in [1.54, 1.807) is 0 Å². The summed E-state index contributed by atoms with van der Waals surface area (Å²) in [5, 5.41) is 8.05. The van der Waals surface area contributed by atoms with Crippen LogP contribution in [0.3, 0.4) is 0 Å². The van der Waals surface area contributed by atoms with Crippen molar-refractivity contribution >= 4 is 90.9 Å². The van der Waals surface area contributed by atoms with Crippen molar-refractivity contribution in [2.24, 2.45) is 0 Å². The molecule has 2 heterocycles. The number of hydrogen-bond donors (Lipinski definition) is 0. The van der Waals surface area contributed by atoms with E-state index in [9.17, 15) is 0 Å². The molecule has 1 aliphatic rings. The zero-order valence-electron chi connectivity index (χ0n) is 25.5. The van der Waals surface area contributed by atoms with Crippen LogP contribution in [-0.2, 0) is 5.41 Å². The Balaban J connectivity index is 1.23. The zero-order valence-corrected chi connectivity index (χ0v) is 27.2. The van der Waals surface area contributed by atoms with Crippen LogP contribution >= 0.6 is 22.7 Å². The van der Waals surface area contributed by atoms with Crippen molar-refractivity contribution in [3.8, 4) is 11.1 Å². The molecule has 0 unspecified atom stereocenters. The summed E-state index contributed by atoms with van der Waals surface area (Å²) in [6.45, 7) is 4.72. The monoisotopic (exact) mass is 623 g/mol. The number of thiophene rings is 2. The van der Waals surface area contributed by atoms with Gasteiger partial charge in [0.05, 0.1) is 10.4 Å². The minimum atomic E-state index is -0.0646. The summed E-state index contributed by atoms with van der Waals surface area (Å²) in [6.07, 6.45) is 0. The van der Waals surface area contributed by atoms with Gasteiger partial charge < -0.3 is 4.90 Å². The van der Waals surface area contributed by atoms with Crippen LogP contribution in [0, 0.1) is 0 Å². The first-order chi connectivity index (χ1) is 22.6. The molecule has 0 aliphatic heterocycles. The number of benzene rings is 7. The third kappa shape index (κ3) is 3.56.